The summed E-state index contributed by atoms with van der Waals surface area (Å²) in [6.45, 7) is 4.30. The van der Waals surface area contributed by atoms with Gasteiger partial charge in [0.15, 0.2) is 11.5 Å². The summed E-state index contributed by atoms with van der Waals surface area (Å²) >= 11 is 6.30. The maximum atomic E-state index is 12.7. The van der Waals surface area contributed by atoms with Crippen molar-refractivity contribution < 1.29 is 19.0 Å². The van der Waals surface area contributed by atoms with Gasteiger partial charge in [-0.25, -0.2) is 0 Å². The predicted molar refractivity (Wildman–Crippen MR) is 133 cm³/mol. The number of nitrogens with zero attached hydrogens (tertiary/aromatic N) is 1. The summed E-state index contributed by atoms with van der Waals surface area (Å²) in [4.78, 5) is 12.7. The summed E-state index contributed by atoms with van der Waals surface area (Å²) < 4.78 is 16.6. The highest BCUT2D eigenvalue weighted by Gasteiger charge is 2.14. The largest absolute Gasteiger partial charge is 0.493 e. The Kier molecular flexibility index (Phi) is 8.73. The molecule has 0 bridgehead atoms. The minimum Gasteiger partial charge on any atom is -0.493 e. The zero-order valence-electron chi connectivity index (χ0n) is 18.6. The minimum atomic E-state index is -0.553. The number of hydrogen-bond donors (Lipinski definition) is 1. The van der Waals surface area contributed by atoms with Crippen LogP contribution in [0.4, 0.5) is 5.69 Å². The van der Waals surface area contributed by atoms with Gasteiger partial charge in [-0.15, -0.1) is 0 Å². The Balaban J connectivity index is 1.69. The van der Waals surface area contributed by atoms with E-state index in [-0.39, 0.29) is 17.2 Å². The Morgan fingerprint density at radius 3 is 2.50 bits per heavy atom. The van der Waals surface area contributed by atoms with Gasteiger partial charge in [0, 0.05) is 5.69 Å². The quantitative estimate of drug-likeness (QED) is 0.220. The number of rotatable bonds is 10. The first-order valence-corrected chi connectivity index (χ1v) is 10.7. The molecule has 0 atom stereocenters. The molecule has 0 fully saturated rings. The summed E-state index contributed by atoms with van der Waals surface area (Å²) in [5.74, 6) is 0.851. The second kappa shape index (κ2) is 12.1. The number of amides is 1. The van der Waals surface area contributed by atoms with Crippen molar-refractivity contribution in [1.29, 1.82) is 5.26 Å². The van der Waals surface area contributed by atoms with E-state index in [0.29, 0.717) is 35.1 Å². The Bertz CT molecular complexity index is 1220. The fraction of sp³-hybridized carbons (Fsp3) is 0.111. The molecule has 6 nitrogen and oxygen atoms in total. The molecule has 0 saturated carbocycles. The van der Waals surface area contributed by atoms with E-state index in [4.69, 9.17) is 25.8 Å². The van der Waals surface area contributed by atoms with Gasteiger partial charge in [0.2, 0.25) is 0 Å². The second-order valence-corrected chi connectivity index (χ2v) is 7.46. The van der Waals surface area contributed by atoms with Crippen molar-refractivity contribution >= 4 is 29.3 Å². The van der Waals surface area contributed by atoms with Crippen LogP contribution in [0.25, 0.3) is 6.08 Å². The van der Waals surface area contributed by atoms with E-state index in [0.717, 1.165) is 5.56 Å². The molecule has 34 heavy (non-hydrogen) atoms. The number of nitriles is 1. The summed E-state index contributed by atoms with van der Waals surface area (Å²) in [6.07, 6.45) is 3.02. The number of methoxy groups -OCH3 is 1. The molecular weight excluding hydrogens is 452 g/mol. The molecule has 0 aliphatic carbocycles. The lowest BCUT2D eigenvalue weighted by molar-refractivity contribution is -0.112. The van der Waals surface area contributed by atoms with E-state index in [1.807, 2.05) is 36.4 Å². The fourth-order valence-corrected chi connectivity index (χ4v) is 3.27. The molecule has 0 heterocycles. The van der Waals surface area contributed by atoms with Crippen LogP contribution in [0.1, 0.15) is 11.1 Å². The van der Waals surface area contributed by atoms with Crippen LogP contribution in [0.3, 0.4) is 0 Å². The van der Waals surface area contributed by atoms with E-state index in [1.165, 1.54) is 13.2 Å². The lowest BCUT2D eigenvalue weighted by atomic mass is 10.1. The van der Waals surface area contributed by atoms with Crippen LogP contribution in [0.2, 0.25) is 5.02 Å². The highest BCUT2D eigenvalue weighted by molar-refractivity contribution is 6.32. The van der Waals surface area contributed by atoms with Gasteiger partial charge in [-0.05, 0) is 53.6 Å². The molecule has 0 aliphatic heterocycles. The van der Waals surface area contributed by atoms with Crippen LogP contribution in [-0.4, -0.2) is 19.6 Å². The number of hydrogen-bond acceptors (Lipinski definition) is 5. The molecule has 0 aliphatic rings. The monoisotopic (exact) mass is 474 g/mol. The van der Waals surface area contributed by atoms with Crippen LogP contribution in [0, 0.1) is 11.3 Å². The number of ether oxygens (including phenoxy) is 3. The van der Waals surface area contributed by atoms with Crippen LogP contribution < -0.4 is 19.5 Å². The first-order chi connectivity index (χ1) is 16.5. The maximum absolute atomic E-state index is 12.7. The molecule has 3 rings (SSSR count). The summed E-state index contributed by atoms with van der Waals surface area (Å²) in [5, 5.41) is 12.5. The number of halogens is 1. The normalized spacial score (nSPS) is 10.7. The van der Waals surface area contributed by atoms with E-state index >= 15 is 0 Å². The first-order valence-electron chi connectivity index (χ1n) is 10.3. The Hall–Kier alpha value is -4.21. The first kappa shape index (κ1) is 24.4. The zero-order valence-corrected chi connectivity index (χ0v) is 19.3. The highest BCUT2D eigenvalue weighted by atomic mass is 35.5. The molecule has 0 unspecified atom stereocenters. The third-order valence-electron chi connectivity index (χ3n) is 4.63. The smallest absolute Gasteiger partial charge is 0.266 e. The van der Waals surface area contributed by atoms with Crippen molar-refractivity contribution in [1.82, 2.24) is 0 Å². The molecule has 7 heteroatoms. The van der Waals surface area contributed by atoms with Crippen molar-refractivity contribution in [3.05, 3.63) is 101 Å². The van der Waals surface area contributed by atoms with E-state index in [2.05, 4.69) is 11.9 Å². The molecule has 1 amide bonds. The van der Waals surface area contributed by atoms with Crippen LogP contribution in [-0.2, 0) is 11.4 Å². The summed E-state index contributed by atoms with van der Waals surface area (Å²) in [6, 6.07) is 21.9. The van der Waals surface area contributed by atoms with Crippen LogP contribution >= 0.6 is 11.6 Å². The van der Waals surface area contributed by atoms with Crippen LogP contribution in [0.5, 0.6) is 17.2 Å². The molecule has 172 valence electrons. The van der Waals surface area contributed by atoms with E-state index in [1.54, 1.807) is 42.5 Å². The van der Waals surface area contributed by atoms with Crippen LogP contribution in [0.15, 0.2) is 85.0 Å². The van der Waals surface area contributed by atoms with Crippen molar-refractivity contribution in [3.8, 4) is 23.3 Å². The number of benzene rings is 3. The van der Waals surface area contributed by atoms with Gasteiger partial charge in [-0.3, -0.25) is 4.79 Å². The van der Waals surface area contributed by atoms with Crippen molar-refractivity contribution in [2.45, 2.75) is 6.61 Å². The molecular formula is C27H23ClN2O4. The van der Waals surface area contributed by atoms with Gasteiger partial charge in [-0.2, -0.15) is 5.26 Å². The molecule has 1 N–H and O–H groups in total. The molecule has 0 aromatic heterocycles. The van der Waals surface area contributed by atoms with Crippen molar-refractivity contribution in [3.63, 3.8) is 0 Å². The number of carbonyl (C=O) groups is 1. The minimum absolute atomic E-state index is 0.0951. The SMILES string of the molecule is C=CCOc1c(Cl)cc(/C=C(\C#N)C(=O)Nc2ccc(OCc3ccccc3)cc2)cc1OC. The summed E-state index contributed by atoms with van der Waals surface area (Å²) in [7, 11) is 1.48. The number of nitrogens with one attached hydrogen (secondary N) is 1. The third-order valence-corrected chi connectivity index (χ3v) is 4.91. The lowest BCUT2D eigenvalue weighted by Crippen LogP contribution is -2.13. The number of anilines is 1. The molecule has 0 spiro atoms. The van der Waals surface area contributed by atoms with Crippen molar-refractivity contribution in [2.24, 2.45) is 0 Å². The summed E-state index contributed by atoms with van der Waals surface area (Å²) in [5.41, 5.74) is 2.01. The van der Waals surface area contributed by atoms with Gasteiger partial charge in [0.05, 0.1) is 12.1 Å². The molecule has 0 saturated heterocycles. The lowest BCUT2D eigenvalue weighted by Gasteiger charge is -2.12. The average molecular weight is 475 g/mol. The highest BCUT2D eigenvalue weighted by Crippen LogP contribution is 2.37. The Morgan fingerprint density at radius 2 is 1.85 bits per heavy atom. The Labute approximate surface area is 203 Å². The standard InChI is InChI=1S/C27H23ClN2O4/c1-3-13-33-26-24(28)15-20(16-25(26)32-2)14-21(17-29)27(31)30-22-9-11-23(12-10-22)34-18-19-7-5-4-6-8-19/h3-12,14-16H,1,13,18H2,2H3,(H,30,31)/b21-14+. The van der Waals surface area contributed by atoms with Gasteiger partial charge in [0.1, 0.15) is 30.6 Å². The van der Waals surface area contributed by atoms with Gasteiger partial charge < -0.3 is 19.5 Å². The number of carbonyl (C=O) groups excluding carboxylic acids is 1. The predicted octanol–water partition coefficient (Wildman–Crippen LogP) is 6.04. The molecule has 3 aromatic carbocycles. The second-order valence-electron chi connectivity index (χ2n) is 7.06. The maximum Gasteiger partial charge on any atom is 0.266 e. The molecule has 0 radical (unpaired) electrons. The average Bonchev–Trinajstić information content (AvgIpc) is 2.86. The topological polar surface area (TPSA) is 80.6 Å². The fourth-order valence-electron chi connectivity index (χ4n) is 2.99. The van der Waals surface area contributed by atoms with E-state index in [9.17, 15) is 10.1 Å². The van der Waals surface area contributed by atoms with Gasteiger partial charge in [-0.1, -0.05) is 54.6 Å². The zero-order chi connectivity index (χ0) is 24.3. The van der Waals surface area contributed by atoms with E-state index < -0.39 is 5.91 Å². The third kappa shape index (κ3) is 6.64. The van der Waals surface area contributed by atoms with Gasteiger partial charge >= 0.3 is 0 Å². The molecule has 3 aromatic rings. The van der Waals surface area contributed by atoms with Gasteiger partial charge in [0.25, 0.3) is 5.91 Å². The van der Waals surface area contributed by atoms with Crippen molar-refractivity contribution in [2.75, 3.05) is 19.0 Å². The Morgan fingerprint density at radius 1 is 1.12 bits per heavy atom.